The predicted octanol–water partition coefficient (Wildman–Crippen LogP) is 1.70. The van der Waals surface area contributed by atoms with Crippen molar-refractivity contribution < 1.29 is 4.79 Å². The van der Waals surface area contributed by atoms with Gasteiger partial charge in [0.05, 0.1) is 5.92 Å². The number of aryl methyl sites for hydroxylation is 2. The van der Waals surface area contributed by atoms with Crippen LogP contribution < -0.4 is 11.1 Å². The highest BCUT2D eigenvalue weighted by Crippen LogP contribution is 2.20. The smallest absolute Gasteiger partial charge is 0.222 e. The Bertz CT molecular complexity index is 442. The highest BCUT2D eigenvalue weighted by Gasteiger charge is 2.28. The molecular formula is C15H22N2O. The standard InChI is InChI=1S/C15H22N2O/c1-10-5-6-12(8-11(10)2)9-14-13(15(16)18)4-3-7-17-14/h5-6,8,13-14,17H,3-4,7,9H2,1-2H3,(H2,16,18). The first-order valence-electron chi connectivity index (χ1n) is 6.67. The Morgan fingerprint density at radius 3 is 2.83 bits per heavy atom. The third-order valence-corrected chi connectivity index (χ3v) is 3.98. The van der Waals surface area contributed by atoms with Gasteiger partial charge in [0.25, 0.3) is 0 Å². The molecule has 98 valence electrons. The Kier molecular flexibility index (Phi) is 4.02. The molecule has 3 heteroatoms. The van der Waals surface area contributed by atoms with Gasteiger partial charge in [0.1, 0.15) is 0 Å². The van der Waals surface area contributed by atoms with Gasteiger partial charge in [-0.3, -0.25) is 4.79 Å². The lowest BCUT2D eigenvalue weighted by molar-refractivity contribution is -0.123. The summed E-state index contributed by atoms with van der Waals surface area (Å²) in [5.74, 6) is -0.198. The number of carbonyl (C=O) groups is 1. The van der Waals surface area contributed by atoms with E-state index in [9.17, 15) is 4.79 Å². The van der Waals surface area contributed by atoms with Crippen LogP contribution in [0.25, 0.3) is 0 Å². The number of hydrogen-bond acceptors (Lipinski definition) is 2. The van der Waals surface area contributed by atoms with E-state index < -0.39 is 0 Å². The summed E-state index contributed by atoms with van der Waals surface area (Å²) in [6.07, 6.45) is 2.84. The van der Waals surface area contributed by atoms with Crippen LogP contribution in [0.2, 0.25) is 0 Å². The Labute approximate surface area is 109 Å². The molecule has 0 bridgehead atoms. The van der Waals surface area contributed by atoms with E-state index in [1.807, 2.05) is 0 Å². The van der Waals surface area contributed by atoms with Crippen molar-refractivity contribution in [3.8, 4) is 0 Å². The van der Waals surface area contributed by atoms with Crippen LogP contribution in [-0.2, 0) is 11.2 Å². The van der Waals surface area contributed by atoms with Crippen LogP contribution in [0, 0.1) is 19.8 Å². The van der Waals surface area contributed by atoms with Crippen molar-refractivity contribution in [2.75, 3.05) is 6.54 Å². The van der Waals surface area contributed by atoms with Crippen molar-refractivity contribution in [1.29, 1.82) is 0 Å². The van der Waals surface area contributed by atoms with Crippen molar-refractivity contribution in [2.24, 2.45) is 11.7 Å². The molecule has 0 aromatic heterocycles. The monoisotopic (exact) mass is 246 g/mol. The third-order valence-electron chi connectivity index (χ3n) is 3.98. The Morgan fingerprint density at radius 2 is 2.17 bits per heavy atom. The molecular weight excluding hydrogens is 224 g/mol. The molecule has 0 saturated carbocycles. The van der Waals surface area contributed by atoms with Crippen molar-refractivity contribution in [1.82, 2.24) is 5.32 Å². The van der Waals surface area contributed by atoms with Crippen LogP contribution in [-0.4, -0.2) is 18.5 Å². The van der Waals surface area contributed by atoms with E-state index in [4.69, 9.17) is 5.73 Å². The van der Waals surface area contributed by atoms with Crippen molar-refractivity contribution in [2.45, 2.75) is 39.2 Å². The van der Waals surface area contributed by atoms with E-state index in [1.54, 1.807) is 0 Å². The van der Waals surface area contributed by atoms with Gasteiger partial charge in [-0.1, -0.05) is 18.2 Å². The number of piperidine rings is 1. The maximum atomic E-state index is 11.5. The summed E-state index contributed by atoms with van der Waals surface area (Å²) < 4.78 is 0. The number of benzene rings is 1. The lowest BCUT2D eigenvalue weighted by Gasteiger charge is -2.30. The molecule has 3 nitrogen and oxygen atoms in total. The maximum absolute atomic E-state index is 11.5. The third kappa shape index (κ3) is 2.91. The van der Waals surface area contributed by atoms with Gasteiger partial charge in [0, 0.05) is 6.04 Å². The van der Waals surface area contributed by atoms with Crippen molar-refractivity contribution in [3.63, 3.8) is 0 Å². The molecule has 0 radical (unpaired) electrons. The average molecular weight is 246 g/mol. The molecule has 1 heterocycles. The second-order valence-corrected chi connectivity index (χ2v) is 5.33. The molecule has 1 aromatic rings. The summed E-state index contributed by atoms with van der Waals surface area (Å²) in [6, 6.07) is 6.70. The maximum Gasteiger partial charge on any atom is 0.222 e. The van der Waals surface area contributed by atoms with Gasteiger partial charge in [-0.15, -0.1) is 0 Å². The minimum absolute atomic E-state index is 0.0274. The van der Waals surface area contributed by atoms with Crippen molar-refractivity contribution >= 4 is 5.91 Å². The zero-order valence-corrected chi connectivity index (χ0v) is 11.2. The Morgan fingerprint density at radius 1 is 1.39 bits per heavy atom. The number of carbonyl (C=O) groups excluding carboxylic acids is 1. The molecule has 2 unspecified atom stereocenters. The molecule has 0 spiro atoms. The second-order valence-electron chi connectivity index (χ2n) is 5.33. The van der Waals surface area contributed by atoms with E-state index in [0.717, 1.165) is 25.8 Å². The fourth-order valence-electron chi connectivity index (χ4n) is 2.69. The molecule has 1 amide bonds. The van der Waals surface area contributed by atoms with Crippen molar-refractivity contribution in [3.05, 3.63) is 34.9 Å². The van der Waals surface area contributed by atoms with E-state index in [0.29, 0.717) is 0 Å². The number of rotatable bonds is 3. The minimum atomic E-state index is -0.170. The van der Waals surface area contributed by atoms with Gasteiger partial charge in [0.2, 0.25) is 5.91 Å². The van der Waals surface area contributed by atoms with E-state index in [1.165, 1.54) is 16.7 Å². The molecule has 0 aliphatic carbocycles. The molecule has 1 saturated heterocycles. The molecule has 1 aliphatic heterocycles. The van der Waals surface area contributed by atoms with Gasteiger partial charge in [0.15, 0.2) is 0 Å². The highest BCUT2D eigenvalue weighted by molar-refractivity contribution is 5.77. The first-order valence-corrected chi connectivity index (χ1v) is 6.67. The van der Waals surface area contributed by atoms with Gasteiger partial charge in [-0.05, 0) is 56.3 Å². The number of nitrogens with two attached hydrogens (primary N) is 1. The summed E-state index contributed by atoms with van der Waals surface area (Å²) in [5, 5.41) is 3.43. The number of nitrogens with one attached hydrogen (secondary N) is 1. The average Bonchev–Trinajstić information content (AvgIpc) is 2.34. The Balaban J connectivity index is 2.10. The normalized spacial score (nSPS) is 23.9. The van der Waals surface area contributed by atoms with Crippen LogP contribution in [0.4, 0.5) is 0 Å². The molecule has 18 heavy (non-hydrogen) atoms. The van der Waals surface area contributed by atoms with Crippen LogP contribution in [0.15, 0.2) is 18.2 Å². The fraction of sp³-hybridized carbons (Fsp3) is 0.533. The molecule has 1 fully saturated rings. The molecule has 1 aromatic carbocycles. The fourth-order valence-corrected chi connectivity index (χ4v) is 2.69. The Hall–Kier alpha value is -1.35. The van der Waals surface area contributed by atoms with Crippen LogP contribution in [0.3, 0.4) is 0 Å². The summed E-state index contributed by atoms with van der Waals surface area (Å²) in [4.78, 5) is 11.5. The van der Waals surface area contributed by atoms with Crippen LogP contribution >= 0.6 is 0 Å². The first-order chi connectivity index (χ1) is 8.58. The lowest BCUT2D eigenvalue weighted by atomic mass is 9.86. The molecule has 1 aliphatic rings. The summed E-state index contributed by atoms with van der Waals surface area (Å²) >= 11 is 0. The first kappa shape index (κ1) is 13.1. The van der Waals surface area contributed by atoms with E-state index in [2.05, 4.69) is 37.4 Å². The predicted molar refractivity (Wildman–Crippen MR) is 73.3 cm³/mol. The lowest BCUT2D eigenvalue weighted by Crippen LogP contribution is -2.48. The molecule has 3 N–H and O–H groups in total. The highest BCUT2D eigenvalue weighted by atomic mass is 16.1. The quantitative estimate of drug-likeness (QED) is 0.853. The summed E-state index contributed by atoms with van der Waals surface area (Å²) in [7, 11) is 0. The largest absolute Gasteiger partial charge is 0.369 e. The van der Waals surface area contributed by atoms with Gasteiger partial charge in [-0.2, -0.15) is 0 Å². The zero-order valence-electron chi connectivity index (χ0n) is 11.2. The zero-order chi connectivity index (χ0) is 13.1. The second kappa shape index (κ2) is 5.53. The topological polar surface area (TPSA) is 55.1 Å². The summed E-state index contributed by atoms with van der Waals surface area (Å²) in [6.45, 7) is 5.22. The van der Waals surface area contributed by atoms with Crippen LogP contribution in [0.1, 0.15) is 29.5 Å². The minimum Gasteiger partial charge on any atom is -0.369 e. The molecule has 2 atom stereocenters. The summed E-state index contributed by atoms with van der Waals surface area (Å²) in [5.41, 5.74) is 9.38. The number of amides is 1. The van der Waals surface area contributed by atoms with E-state index >= 15 is 0 Å². The van der Waals surface area contributed by atoms with Crippen LogP contribution in [0.5, 0.6) is 0 Å². The molecule has 2 rings (SSSR count). The van der Waals surface area contributed by atoms with Gasteiger partial charge >= 0.3 is 0 Å². The van der Waals surface area contributed by atoms with E-state index in [-0.39, 0.29) is 17.9 Å². The SMILES string of the molecule is Cc1ccc(CC2NCCCC2C(N)=O)cc1C. The number of hydrogen-bond donors (Lipinski definition) is 2. The number of primary amides is 1. The van der Waals surface area contributed by atoms with Gasteiger partial charge < -0.3 is 11.1 Å². The van der Waals surface area contributed by atoms with Gasteiger partial charge in [-0.25, -0.2) is 0 Å².